The van der Waals surface area contributed by atoms with E-state index < -0.39 is 0 Å². The number of hydrogen-bond donors (Lipinski definition) is 1. The Morgan fingerprint density at radius 1 is 1.22 bits per heavy atom. The molecule has 0 fully saturated rings. The molecule has 3 rings (SSSR count). The molecule has 0 aliphatic rings. The molecular formula is C18H13N3O2. The van der Waals surface area contributed by atoms with Crippen LogP contribution >= 0.6 is 0 Å². The number of pyridine rings is 1. The number of nitriles is 1. The number of hydrogen-bond acceptors (Lipinski definition) is 4. The van der Waals surface area contributed by atoms with Crippen LogP contribution in [0.5, 0.6) is 5.75 Å². The minimum absolute atomic E-state index is 0.303. The van der Waals surface area contributed by atoms with Gasteiger partial charge >= 0.3 is 0 Å². The number of benzene rings is 2. The van der Waals surface area contributed by atoms with Crippen molar-refractivity contribution in [2.45, 2.75) is 0 Å². The van der Waals surface area contributed by atoms with Crippen LogP contribution in [0.4, 0.5) is 5.69 Å². The molecule has 112 valence electrons. The largest absolute Gasteiger partial charge is 0.497 e. The lowest BCUT2D eigenvalue weighted by Crippen LogP contribution is -2.12. The van der Waals surface area contributed by atoms with Crippen LogP contribution in [0.3, 0.4) is 0 Å². The minimum atomic E-state index is -0.303. The van der Waals surface area contributed by atoms with Crippen molar-refractivity contribution in [1.82, 2.24) is 4.98 Å². The van der Waals surface area contributed by atoms with Crippen molar-refractivity contribution in [3.63, 3.8) is 0 Å². The Balaban J connectivity index is 2.00. The highest BCUT2D eigenvalue weighted by Crippen LogP contribution is 2.28. The maximum absolute atomic E-state index is 12.4. The second-order valence-electron chi connectivity index (χ2n) is 4.90. The maximum atomic E-state index is 12.4. The van der Waals surface area contributed by atoms with Crippen molar-refractivity contribution < 1.29 is 9.53 Å². The number of amides is 1. The highest BCUT2D eigenvalue weighted by atomic mass is 16.5. The Hall–Kier alpha value is -3.39. The summed E-state index contributed by atoms with van der Waals surface area (Å²) in [5.41, 5.74) is 2.09. The summed E-state index contributed by atoms with van der Waals surface area (Å²) in [6.45, 7) is 0. The Kier molecular flexibility index (Phi) is 3.89. The summed E-state index contributed by atoms with van der Waals surface area (Å²) in [5.74, 6) is 0.328. The third-order valence-corrected chi connectivity index (χ3v) is 3.42. The van der Waals surface area contributed by atoms with Gasteiger partial charge in [-0.2, -0.15) is 5.26 Å². The van der Waals surface area contributed by atoms with Gasteiger partial charge in [0.05, 0.1) is 29.9 Å². The van der Waals surface area contributed by atoms with Crippen molar-refractivity contribution in [3.05, 3.63) is 65.9 Å². The van der Waals surface area contributed by atoms with Crippen LogP contribution in [0, 0.1) is 11.3 Å². The Labute approximate surface area is 133 Å². The first-order valence-corrected chi connectivity index (χ1v) is 6.95. The number of ether oxygens (including phenoxy) is 1. The lowest BCUT2D eigenvalue weighted by Gasteiger charge is -2.10. The summed E-state index contributed by atoms with van der Waals surface area (Å²) in [4.78, 5) is 16.8. The number of anilines is 1. The van der Waals surface area contributed by atoms with Gasteiger partial charge in [-0.25, -0.2) is 0 Å². The lowest BCUT2D eigenvalue weighted by molar-refractivity contribution is 0.102. The molecule has 2 aromatic carbocycles. The number of methoxy groups -OCH3 is 1. The average molecular weight is 303 g/mol. The molecule has 0 radical (unpaired) electrons. The number of aromatic nitrogens is 1. The molecule has 23 heavy (non-hydrogen) atoms. The van der Waals surface area contributed by atoms with Crippen molar-refractivity contribution in [2.24, 2.45) is 0 Å². The van der Waals surface area contributed by atoms with Crippen molar-refractivity contribution >= 4 is 22.5 Å². The molecule has 3 aromatic rings. The highest BCUT2D eigenvalue weighted by Gasteiger charge is 2.11. The Morgan fingerprint density at radius 3 is 2.87 bits per heavy atom. The molecular weight excluding hydrogens is 290 g/mol. The van der Waals surface area contributed by atoms with E-state index in [1.807, 2.05) is 24.3 Å². The first-order valence-electron chi connectivity index (χ1n) is 6.95. The third kappa shape index (κ3) is 2.97. The van der Waals surface area contributed by atoms with Crippen molar-refractivity contribution in [3.8, 4) is 11.8 Å². The van der Waals surface area contributed by atoms with Crippen LogP contribution < -0.4 is 10.1 Å². The second-order valence-corrected chi connectivity index (χ2v) is 4.90. The number of rotatable bonds is 3. The van der Waals surface area contributed by atoms with E-state index in [2.05, 4.69) is 10.3 Å². The fourth-order valence-corrected chi connectivity index (χ4v) is 2.30. The number of carbonyl (C=O) groups excluding carboxylic acids is 1. The predicted molar refractivity (Wildman–Crippen MR) is 87.4 cm³/mol. The average Bonchev–Trinajstić information content (AvgIpc) is 2.61. The number of nitrogens with zero attached hydrogens (tertiary/aromatic N) is 2. The standard InChI is InChI=1S/C18H13N3O2/c1-23-15-9-13-6-3-7-20-17(13)16(10-15)21-18(22)14-5-2-4-12(8-14)11-19/h2-10H,1H3,(H,21,22). The zero-order chi connectivity index (χ0) is 16.2. The summed E-state index contributed by atoms with van der Waals surface area (Å²) in [6, 6.07) is 15.9. The van der Waals surface area contributed by atoms with Gasteiger partial charge < -0.3 is 10.1 Å². The number of nitrogens with one attached hydrogen (secondary N) is 1. The zero-order valence-electron chi connectivity index (χ0n) is 12.4. The van der Waals surface area contributed by atoms with Gasteiger partial charge in [0.15, 0.2) is 0 Å². The van der Waals surface area contributed by atoms with Crippen LogP contribution in [-0.2, 0) is 0 Å². The summed E-state index contributed by atoms with van der Waals surface area (Å²) < 4.78 is 5.26. The van der Waals surface area contributed by atoms with Crippen molar-refractivity contribution in [1.29, 1.82) is 5.26 Å². The van der Waals surface area contributed by atoms with E-state index in [0.717, 1.165) is 5.39 Å². The smallest absolute Gasteiger partial charge is 0.255 e. The summed E-state index contributed by atoms with van der Waals surface area (Å²) in [7, 11) is 1.57. The van der Waals surface area contributed by atoms with Crippen LogP contribution in [0.1, 0.15) is 15.9 Å². The number of fused-ring (bicyclic) bond motifs is 1. The molecule has 1 N–H and O–H groups in total. The van der Waals surface area contributed by atoms with E-state index in [1.165, 1.54) is 0 Å². The third-order valence-electron chi connectivity index (χ3n) is 3.42. The normalized spacial score (nSPS) is 10.1. The molecule has 1 amide bonds. The molecule has 0 unspecified atom stereocenters. The van der Waals surface area contributed by atoms with E-state index in [9.17, 15) is 4.79 Å². The Morgan fingerprint density at radius 2 is 2.09 bits per heavy atom. The Bertz CT molecular complexity index is 929. The van der Waals surface area contributed by atoms with Gasteiger partial charge in [0, 0.05) is 23.2 Å². The van der Waals surface area contributed by atoms with E-state index >= 15 is 0 Å². The predicted octanol–water partition coefficient (Wildman–Crippen LogP) is 3.37. The first-order chi connectivity index (χ1) is 11.2. The summed E-state index contributed by atoms with van der Waals surface area (Å²) >= 11 is 0. The van der Waals surface area contributed by atoms with Crippen LogP contribution in [0.15, 0.2) is 54.7 Å². The zero-order valence-corrected chi connectivity index (χ0v) is 12.4. The van der Waals surface area contributed by atoms with E-state index in [-0.39, 0.29) is 5.91 Å². The molecule has 1 aromatic heterocycles. The maximum Gasteiger partial charge on any atom is 0.255 e. The fourth-order valence-electron chi connectivity index (χ4n) is 2.30. The van der Waals surface area contributed by atoms with E-state index in [4.69, 9.17) is 10.00 Å². The molecule has 0 aliphatic heterocycles. The van der Waals surface area contributed by atoms with Crippen LogP contribution in [0.2, 0.25) is 0 Å². The second kappa shape index (κ2) is 6.16. The van der Waals surface area contributed by atoms with Gasteiger partial charge in [0.1, 0.15) is 5.75 Å². The quantitative estimate of drug-likeness (QED) is 0.805. The summed E-state index contributed by atoms with van der Waals surface area (Å²) in [6.07, 6.45) is 1.67. The molecule has 5 nitrogen and oxygen atoms in total. The van der Waals surface area contributed by atoms with E-state index in [0.29, 0.717) is 28.1 Å². The number of carbonyl (C=O) groups is 1. The molecule has 0 spiro atoms. The first kappa shape index (κ1) is 14.5. The highest BCUT2D eigenvalue weighted by molar-refractivity contribution is 6.08. The topological polar surface area (TPSA) is 75.0 Å². The molecule has 0 atom stereocenters. The van der Waals surface area contributed by atoms with Crippen LogP contribution in [-0.4, -0.2) is 18.0 Å². The van der Waals surface area contributed by atoms with Crippen molar-refractivity contribution in [2.75, 3.05) is 12.4 Å². The van der Waals surface area contributed by atoms with Gasteiger partial charge in [-0.1, -0.05) is 12.1 Å². The van der Waals surface area contributed by atoms with Gasteiger partial charge in [0.2, 0.25) is 0 Å². The van der Waals surface area contributed by atoms with Gasteiger partial charge in [0.25, 0.3) is 5.91 Å². The summed E-state index contributed by atoms with van der Waals surface area (Å²) in [5, 5.41) is 12.6. The SMILES string of the molecule is COc1cc(NC(=O)c2cccc(C#N)c2)c2ncccc2c1. The molecule has 0 saturated heterocycles. The van der Waals surface area contributed by atoms with Gasteiger partial charge in [-0.05, 0) is 30.3 Å². The van der Waals surface area contributed by atoms with Gasteiger partial charge in [-0.3, -0.25) is 9.78 Å². The molecule has 1 heterocycles. The molecule has 5 heteroatoms. The molecule has 0 aliphatic carbocycles. The minimum Gasteiger partial charge on any atom is -0.497 e. The molecule has 0 saturated carbocycles. The molecule has 0 bridgehead atoms. The van der Waals surface area contributed by atoms with Gasteiger partial charge in [-0.15, -0.1) is 0 Å². The lowest BCUT2D eigenvalue weighted by atomic mass is 10.1. The fraction of sp³-hybridized carbons (Fsp3) is 0.0556. The van der Waals surface area contributed by atoms with E-state index in [1.54, 1.807) is 43.6 Å². The van der Waals surface area contributed by atoms with Crippen LogP contribution in [0.25, 0.3) is 10.9 Å². The monoisotopic (exact) mass is 303 g/mol.